The number of amides is 1. The van der Waals surface area contributed by atoms with E-state index in [1.54, 1.807) is 12.3 Å². The number of pyridine rings is 1. The lowest BCUT2D eigenvalue weighted by atomic mass is 10.1. The molecule has 0 atom stereocenters. The standard InChI is InChI=1S/C24H19BrN2O3S2/c25-20-7-2-1-5-17(20)15-30-21-14-19(29-12-10-18-6-3-4-11-26-18)9-8-16(21)13-22-23(28)27-24(31)32-22/h1-9,11,13-14H,10,12,15H2,(H,27,28,31)/b22-13-. The Balaban J connectivity index is 1.53. The third-order valence-electron chi connectivity index (χ3n) is 4.61. The Morgan fingerprint density at radius 1 is 1.09 bits per heavy atom. The second-order valence-corrected chi connectivity index (χ2v) is 9.42. The van der Waals surface area contributed by atoms with Crippen LogP contribution in [0.25, 0.3) is 6.08 Å². The van der Waals surface area contributed by atoms with E-state index < -0.39 is 0 Å². The molecule has 0 bridgehead atoms. The number of carbonyl (C=O) groups excluding carboxylic acids is 1. The quantitative estimate of drug-likeness (QED) is 0.307. The Bertz CT molecular complexity index is 1170. The van der Waals surface area contributed by atoms with Gasteiger partial charge in [0.05, 0.1) is 11.5 Å². The van der Waals surface area contributed by atoms with Gasteiger partial charge in [0.15, 0.2) is 0 Å². The van der Waals surface area contributed by atoms with E-state index in [1.165, 1.54) is 11.8 Å². The minimum atomic E-state index is -0.201. The molecule has 0 unspecified atom stereocenters. The largest absolute Gasteiger partial charge is 0.493 e. The summed E-state index contributed by atoms with van der Waals surface area (Å²) in [6, 6.07) is 19.3. The second-order valence-electron chi connectivity index (χ2n) is 6.85. The number of nitrogens with one attached hydrogen (secondary N) is 1. The van der Waals surface area contributed by atoms with E-state index in [4.69, 9.17) is 21.7 Å². The first-order chi connectivity index (χ1) is 15.6. The predicted octanol–water partition coefficient (Wildman–Crippen LogP) is 5.53. The Kier molecular flexibility index (Phi) is 7.57. The van der Waals surface area contributed by atoms with E-state index in [0.29, 0.717) is 40.4 Å². The molecule has 0 saturated carbocycles. The predicted molar refractivity (Wildman–Crippen MR) is 135 cm³/mol. The fraction of sp³-hybridized carbons (Fsp3) is 0.125. The van der Waals surface area contributed by atoms with Crippen LogP contribution in [-0.4, -0.2) is 21.8 Å². The van der Waals surface area contributed by atoms with Gasteiger partial charge >= 0.3 is 0 Å². The summed E-state index contributed by atoms with van der Waals surface area (Å²) in [5.74, 6) is 1.10. The van der Waals surface area contributed by atoms with Crippen molar-refractivity contribution in [2.24, 2.45) is 0 Å². The van der Waals surface area contributed by atoms with Crippen LogP contribution in [0.5, 0.6) is 11.5 Å². The van der Waals surface area contributed by atoms with E-state index in [9.17, 15) is 4.79 Å². The maximum Gasteiger partial charge on any atom is 0.263 e. The van der Waals surface area contributed by atoms with Gasteiger partial charge in [-0.3, -0.25) is 9.78 Å². The molecule has 4 rings (SSSR count). The lowest BCUT2D eigenvalue weighted by molar-refractivity contribution is -0.115. The molecule has 5 nitrogen and oxygen atoms in total. The van der Waals surface area contributed by atoms with Crippen LogP contribution < -0.4 is 14.8 Å². The maximum atomic E-state index is 12.1. The van der Waals surface area contributed by atoms with Crippen LogP contribution in [-0.2, 0) is 17.8 Å². The zero-order valence-electron chi connectivity index (χ0n) is 16.9. The van der Waals surface area contributed by atoms with Gasteiger partial charge in [0, 0.05) is 40.0 Å². The van der Waals surface area contributed by atoms with E-state index in [-0.39, 0.29) is 5.91 Å². The van der Waals surface area contributed by atoms with E-state index in [1.807, 2.05) is 60.7 Å². The second kappa shape index (κ2) is 10.8. The third-order valence-corrected chi connectivity index (χ3v) is 6.54. The summed E-state index contributed by atoms with van der Waals surface area (Å²) in [6.07, 6.45) is 4.26. The van der Waals surface area contributed by atoms with Crippen molar-refractivity contribution in [2.75, 3.05) is 6.61 Å². The van der Waals surface area contributed by atoms with Crippen molar-refractivity contribution in [3.8, 4) is 11.5 Å². The van der Waals surface area contributed by atoms with Crippen molar-refractivity contribution < 1.29 is 14.3 Å². The summed E-state index contributed by atoms with van der Waals surface area (Å²) >= 11 is 9.88. The highest BCUT2D eigenvalue weighted by atomic mass is 79.9. The van der Waals surface area contributed by atoms with Crippen LogP contribution in [0, 0.1) is 0 Å². The van der Waals surface area contributed by atoms with Crippen molar-refractivity contribution in [2.45, 2.75) is 13.0 Å². The molecule has 1 amide bonds. The molecule has 8 heteroatoms. The zero-order chi connectivity index (χ0) is 22.3. The van der Waals surface area contributed by atoms with Crippen molar-refractivity contribution in [3.63, 3.8) is 0 Å². The fourth-order valence-corrected chi connectivity index (χ4v) is 4.44. The van der Waals surface area contributed by atoms with Crippen molar-refractivity contribution in [1.29, 1.82) is 0 Å². The molecule has 0 aliphatic carbocycles. The number of aromatic nitrogens is 1. The summed E-state index contributed by atoms with van der Waals surface area (Å²) in [4.78, 5) is 16.9. The molecule has 162 valence electrons. The number of thioether (sulfide) groups is 1. The molecule has 1 aromatic heterocycles. The van der Waals surface area contributed by atoms with E-state index in [0.717, 1.165) is 21.3 Å². The van der Waals surface area contributed by atoms with Crippen molar-refractivity contribution >= 4 is 56.2 Å². The lowest BCUT2D eigenvalue weighted by Crippen LogP contribution is -2.17. The van der Waals surface area contributed by atoms with Gasteiger partial charge in [0.2, 0.25) is 0 Å². The first kappa shape index (κ1) is 22.5. The minimum absolute atomic E-state index is 0.201. The highest BCUT2D eigenvalue weighted by Crippen LogP contribution is 2.32. The molecule has 2 heterocycles. The highest BCUT2D eigenvalue weighted by Gasteiger charge is 2.22. The summed E-state index contributed by atoms with van der Waals surface area (Å²) in [7, 11) is 0. The van der Waals surface area contributed by atoms with Crippen LogP contribution in [0.2, 0.25) is 0 Å². The number of nitrogens with zero attached hydrogens (tertiary/aromatic N) is 1. The summed E-state index contributed by atoms with van der Waals surface area (Å²) < 4.78 is 13.5. The number of hydrogen-bond donors (Lipinski definition) is 1. The monoisotopic (exact) mass is 526 g/mol. The topological polar surface area (TPSA) is 60.5 Å². The number of ether oxygens (including phenoxy) is 2. The molecule has 1 fully saturated rings. The molecule has 1 aliphatic heterocycles. The first-order valence-corrected chi connectivity index (χ1v) is 11.9. The minimum Gasteiger partial charge on any atom is -0.493 e. The molecule has 2 aromatic carbocycles. The van der Waals surface area contributed by atoms with Crippen LogP contribution in [0.4, 0.5) is 0 Å². The van der Waals surface area contributed by atoms with Gasteiger partial charge in [-0.1, -0.05) is 64.2 Å². The molecule has 32 heavy (non-hydrogen) atoms. The molecule has 3 aromatic rings. The molecule has 1 aliphatic rings. The van der Waals surface area contributed by atoms with Crippen LogP contribution in [0.1, 0.15) is 16.8 Å². The number of benzene rings is 2. The summed E-state index contributed by atoms with van der Waals surface area (Å²) in [6.45, 7) is 0.861. The Labute approximate surface area is 204 Å². The molecular weight excluding hydrogens is 508 g/mol. The van der Waals surface area contributed by atoms with Crippen LogP contribution >= 0.6 is 39.9 Å². The number of rotatable bonds is 8. The fourth-order valence-electron chi connectivity index (χ4n) is 3.00. The number of halogens is 1. The van der Waals surface area contributed by atoms with Gasteiger partial charge in [-0.25, -0.2) is 0 Å². The average Bonchev–Trinajstić information content (AvgIpc) is 3.11. The van der Waals surface area contributed by atoms with Crippen LogP contribution in [0.3, 0.4) is 0 Å². The number of hydrogen-bond acceptors (Lipinski definition) is 6. The average molecular weight is 527 g/mol. The van der Waals surface area contributed by atoms with Crippen molar-refractivity contribution in [1.82, 2.24) is 10.3 Å². The van der Waals surface area contributed by atoms with Gasteiger partial charge in [0.25, 0.3) is 5.91 Å². The molecule has 0 spiro atoms. The Hall–Kier alpha value is -2.68. The van der Waals surface area contributed by atoms with Crippen molar-refractivity contribution in [3.05, 3.63) is 93.1 Å². The number of carbonyl (C=O) groups is 1. The number of thiocarbonyl (C=S) groups is 1. The van der Waals surface area contributed by atoms with Gasteiger partial charge in [-0.2, -0.15) is 0 Å². The summed E-state index contributed by atoms with van der Waals surface area (Å²) in [5.41, 5.74) is 2.76. The van der Waals surface area contributed by atoms with E-state index >= 15 is 0 Å². The summed E-state index contributed by atoms with van der Waals surface area (Å²) in [5, 5.41) is 2.64. The molecule has 1 N–H and O–H groups in total. The maximum absolute atomic E-state index is 12.1. The SMILES string of the molecule is O=C1NC(=S)S/C1=C\c1ccc(OCCc2ccccn2)cc1OCc1ccccc1Br. The highest BCUT2D eigenvalue weighted by molar-refractivity contribution is 9.10. The van der Waals surface area contributed by atoms with Gasteiger partial charge < -0.3 is 14.8 Å². The lowest BCUT2D eigenvalue weighted by Gasteiger charge is -2.13. The van der Waals surface area contributed by atoms with Crippen LogP contribution in [0.15, 0.2) is 76.2 Å². The Morgan fingerprint density at radius 2 is 1.94 bits per heavy atom. The zero-order valence-corrected chi connectivity index (χ0v) is 20.1. The normalized spacial score (nSPS) is 14.5. The van der Waals surface area contributed by atoms with E-state index in [2.05, 4.69) is 26.2 Å². The van der Waals surface area contributed by atoms with Gasteiger partial charge in [0.1, 0.15) is 22.4 Å². The Morgan fingerprint density at radius 3 is 2.69 bits per heavy atom. The first-order valence-electron chi connectivity index (χ1n) is 9.86. The molecule has 0 radical (unpaired) electrons. The third kappa shape index (κ3) is 5.97. The van der Waals surface area contributed by atoms with Gasteiger partial charge in [-0.05, 0) is 36.4 Å². The van der Waals surface area contributed by atoms with Gasteiger partial charge in [-0.15, -0.1) is 0 Å². The molecular formula is C24H19BrN2O3S2. The smallest absolute Gasteiger partial charge is 0.263 e. The molecule has 1 saturated heterocycles.